The number of methoxy groups -OCH3 is 1. The van der Waals surface area contributed by atoms with Crippen LogP contribution in [0.3, 0.4) is 0 Å². The van der Waals surface area contributed by atoms with Crippen LogP contribution < -0.4 is 15.4 Å². The van der Waals surface area contributed by atoms with Gasteiger partial charge in [0, 0.05) is 37.2 Å². The van der Waals surface area contributed by atoms with Gasteiger partial charge in [-0.15, -0.1) is 0 Å². The highest BCUT2D eigenvalue weighted by Gasteiger charge is 2.21. The predicted octanol–water partition coefficient (Wildman–Crippen LogP) is 1.98. The third-order valence-corrected chi connectivity index (χ3v) is 6.03. The average molecular weight is 448 g/mol. The molecule has 1 fully saturated rings. The fourth-order valence-corrected chi connectivity index (χ4v) is 4.21. The molecule has 31 heavy (non-hydrogen) atoms. The lowest BCUT2D eigenvalue weighted by Gasteiger charge is -2.12. The zero-order valence-corrected chi connectivity index (χ0v) is 17.9. The summed E-state index contributed by atoms with van der Waals surface area (Å²) < 4.78 is 37.9. The van der Waals surface area contributed by atoms with Crippen molar-refractivity contribution in [3.63, 3.8) is 0 Å². The van der Waals surface area contributed by atoms with E-state index in [0.29, 0.717) is 18.0 Å². The van der Waals surface area contributed by atoms with Crippen LogP contribution in [0.1, 0.15) is 23.2 Å². The van der Waals surface area contributed by atoms with Crippen molar-refractivity contribution in [1.29, 1.82) is 0 Å². The van der Waals surface area contributed by atoms with E-state index in [1.807, 2.05) is 0 Å². The summed E-state index contributed by atoms with van der Waals surface area (Å²) in [4.78, 5) is 24.3. The molecule has 0 aromatic heterocycles. The van der Waals surface area contributed by atoms with Crippen molar-refractivity contribution in [3.8, 4) is 0 Å². The summed E-state index contributed by atoms with van der Waals surface area (Å²) in [5.74, 6) is -0.795. The first-order valence-corrected chi connectivity index (χ1v) is 11.3. The van der Waals surface area contributed by atoms with Gasteiger partial charge in [-0.2, -0.15) is 0 Å². The van der Waals surface area contributed by atoms with Crippen LogP contribution in [-0.2, 0) is 24.3 Å². The van der Waals surface area contributed by atoms with Gasteiger partial charge in [-0.1, -0.05) is 12.1 Å². The Morgan fingerprint density at radius 1 is 1.10 bits per heavy atom. The second-order valence-corrected chi connectivity index (χ2v) is 8.80. The molecule has 1 heterocycles. The van der Waals surface area contributed by atoms with Gasteiger partial charge in [-0.05, 0) is 49.2 Å². The number of nitrogens with one attached hydrogen (secondary N) is 3. The monoisotopic (exact) mass is 447 g/mol. The minimum absolute atomic E-state index is 0.00118. The molecule has 0 bridgehead atoms. The molecule has 1 unspecified atom stereocenters. The lowest BCUT2D eigenvalue weighted by atomic mass is 10.2. The van der Waals surface area contributed by atoms with Crippen molar-refractivity contribution in [2.75, 3.05) is 37.5 Å². The summed E-state index contributed by atoms with van der Waals surface area (Å²) in [7, 11) is -2.35. The summed E-state index contributed by atoms with van der Waals surface area (Å²) in [6.45, 7) is 0.748. The average Bonchev–Trinajstić information content (AvgIpc) is 3.27. The van der Waals surface area contributed by atoms with Gasteiger partial charge in [0.05, 0.1) is 11.0 Å². The zero-order chi connectivity index (χ0) is 22.3. The van der Waals surface area contributed by atoms with E-state index in [1.165, 1.54) is 31.4 Å². The Labute approximate surface area is 181 Å². The maximum atomic E-state index is 12.6. The molecule has 10 heteroatoms. The van der Waals surface area contributed by atoms with E-state index in [4.69, 9.17) is 9.47 Å². The maximum absolute atomic E-state index is 12.6. The molecule has 2 aromatic carbocycles. The first kappa shape index (κ1) is 22.9. The summed E-state index contributed by atoms with van der Waals surface area (Å²) in [6.07, 6.45) is 1.60. The minimum Gasteiger partial charge on any atom is -0.377 e. The van der Waals surface area contributed by atoms with Crippen molar-refractivity contribution in [2.24, 2.45) is 0 Å². The third-order valence-electron chi connectivity index (χ3n) is 4.61. The Morgan fingerprint density at radius 3 is 2.55 bits per heavy atom. The molecule has 0 saturated carbocycles. The van der Waals surface area contributed by atoms with E-state index >= 15 is 0 Å². The Morgan fingerprint density at radius 2 is 1.84 bits per heavy atom. The molecule has 1 aliphatic heterocycles. The fourth-order valence-electron chi connectivity index (χ4n) is 3.10. The van der Waals surface area contributed by atoms with Crippen molar-refractivity contribution < 1.29 is 27.5 Å². The number of hydrogen-bond donors (Lipinski definition) is 3. The number of amides is 2. The van der Waals surface area contributed by atoms with E-state index in [2.05, 4.69) is 15.4 Å². The molecule has 0 radical (unpaired) electrons. The van der Waals surface area contributed by atoms with Crippen molar-refractivity contribution in [1.82, 2.24) is 4.72 Å². The molecule has 166 valence electrons. The lowest BCUT2D eigenvalue weighted by molar-refractivity contribution is -0.119. The molecule has 0 spiro atoms. The molecule has 0 aliphatic carbocycles. The highest BCUT2D eigenvalue weighted by atomic mass is 32.2. The van der Waals surface area contributed by atoms with Gasteiger partial charge in [0.1, 0.15) is 6.61 Å². The third kappa shape index (κ3) is 6.59. The summed E-state index contributed by atoms with van der Waals surface area (Å²) >= 11 is 0. The van der Waals surface area contributed by atoms with Gasteiger partial charge in [-0.3, -0.25) is 9.59 Å². The van der Waals surface area contributed by atoms with Gasteiger partial charge in [0.15, 0.2) is 0 Å². The molecule has 9 nitrogen and oxygen atoms in total. The number of sulfonamides is 1. The predicted molar refractivity (Wildman–Crippen MR) is 116 cm³/mol. The number of anilines is 2. The van der Waals surface area contributed by atoms with E-state index < -0.39 is 15.9 Å². The molecular formula is C21H25N3O6S. The SMILES string of the molecule is COCC(=O)Nc1cccc(NC(=O)c2cccc(S(=O)(=O)NCC3CCCO3)c2)c1. The molecule has 3 rings (SSSR count). The summed E-state index contributed by atoms with van der Waals surface area (Å²) in [6, 6.07) is 12.4. The molecular weight excluding hydrogens is 422 g/mol. The highest BCUT2D eigenvalue weighted by molar-refractivity contribution is 7.89. The van der Waals surface area contributed by atoms with E-state index in [9.17, 15) is 18.0 Å². The van der Waals surface area contributed by atoms with Crippen LogP contribution >= 0.6 is 0 Å². The standard InChI is InChI=1S/C21H25N3O6S/c1-29-14-20(25)23-16-6-3-7-17(12-16)24-21(26)15-5-2-9-19(11-15)31(27,28)22-13-18-8-4-10-30-18/h2-3,5-7,9,11-12,18,22H,4,8,10,13-14H2,1H3,(H,23,25)(H,24,26). The topological polar surface area (TPSA) is 123 Å². The van der Waals surface area contributed by atoms with Gasteiger partial charge in [0.2, 0.25) is 15.9 Å². The van der Waals surface area contributed by atoms with Crippen molar-refractivity contribution >= 4 is 33.2 Å². The van der Waals surface area contributed by atoms with E-state index in [1.54, 1.807) is 24.3 Å². The largest absolute Gasteiger partial charge is 0.377 e. The van der Waals surface area contributed by atoms with Crippen LogP contribution in [0, 0.1) is 0 Å². The molecule has 1 saturated heterocycles. The minimum atomic E-state index is -3.77. The van der Waals surface area contributed by atoms with Crippen LogP contribution in [0.2, 0.25) is 0 Å². The number of benzene rings is 2. The highest BCUT2D eigenvalue weighted by Crippen LogP contribution is 2.18. The van der Waals surface area contributed by atoms with Crippen LogP contribution in [-0.4, -0.2) is 53.2 Å². The Kier molecular flexibility index (Phi) is 7.75. The molecule has 2 aromatic rings. The van der Waals surface area contributed by atoms with Gasteiger partial charge in [-0.25, -0.2) is 13.1 Å². The number of rotatable bonds is 9. The van der Waals surface area contributed by atoms with Gasteiger partial charge in [0.25, 0.3) is 5.91 Å². The smallest absolute Gasteiger partial charge is 0.255 e. The molecule has 2 amide bonds. The maximum Gasteiger partial charge on any atom is 0.255 e. The van der Waals surface area contributed by atoms with E-state index in [-0.39, 0.29) is 35.6 Å². The lowest BCUT2D eigenvalue weighted by Crippen LogP contribution is -2.32. The first-order chi connectivity index (χ1) is 14.9. The van der Waals surface area contributed by atoms with E-state index in [0.717, 1.165) is 12.8 Å². The number of hydrogen-bond acceptors (Lipinski definition) is 6. The fraction of sp³-hybridized carbons (Fsp3) is 0.333. The summed E-state index contributed by atoms with van der Waals surface area (Å²) in [5, 5.41) is 5.35. The Balaban J connectivity index is 1.66. The van der Waals surface area contributed by atoms with Crippen LogP contribution in [0.25, 0.3) is 0 Å². The quantitative estimate of drug-likeness (QED) is 0.540. The number of ether oxygens (including phenoxy) is 2. The first-order valence-electron chi connectivity index (χ1n) is 9.79. The van der Waals surface area contributed by atoms with Gasteiger partial charge < -0.3 is 20.1 Å². The second kappa shape index (κ2) is 10.5. The van der Waals surface area contributed by atoms with Crippen molar-refractivity contribution in [3.05, 3.63) is 54.1 Å². The van der Waals surface area contributed by atoms with Crippen LogP contribution in [0.4, 0.5) is 11.4 Å². The molecule has 3 N–H and O–H groups in total. The van der Waals surface area contributed by atoms with Crippen molar-refractivity contribution in [2.45, 2.75) is 23.8 Å². The van der Waals surface area contributed by atoms with Crippen LogP contribution in [0.5, 0.6) is 0 Å². The zero-order valence-electron chi connectivity index (χ0n) is 17.1. The Hall–Kier alpha value is -2.79. The summed E-state index contributed by atoms with van der Waals surface area (Å²) in [5.41, 5.74) is 1.13. The van der Waals surface area contributed by atoms with Crippen LogP contribution in [0.15, 0.2) is 53.4 Å². The Bertz CT molecular complexity index is 1030. The number of carbonyl (C=O) groups is 2. The normalized spacial score (nSPS) is 16.1. The molecule has 1 aliphatic rings. The van der Waals surface area contributed by atoms with Gasteiger partial charge >= 0.3 is 0 Å². The number of carbonyl (C=O) groups excluding carboxylic acids is 2. The second-order valence-electron chi connectivity index (χ2n) is 7.03. The molecule has 1 atom stereocenters.